The second-order valence-electron chi connectivity index (χ2n) is 6.49. The molecule has 3 aromatic rings. The first kappa shape index (κ1) is 22.3. The first-order chi connectivity index (χ1) is 14.2. The van der Waals surface area contributed by atoms with Crippen molar-refractivity contribution in [3.05, 3.63) is 69.3 Å². The first-order valence-corrected chi connectivity index (χ1v) is 10.00. The van der Waals surface area contributed by atoms with Crippen molar-refractivity contribution >= 4 is 52.0 Å². The Morgan fingerprint density at radius 1 is 1.13 bits per heavy atom. The molecule has 0 radical (unpaired) electrons. The zero-order chi connectivity index (χ0) is 21.8. The minimum Gasteiger partial charge on any atom is -0.433 e. The summed E-state index contributed by atoms with van der Waals surface area (Å²) in [6.45, 7) is 1.16. The second kappa shape index (κ2) is 9.59. The Balaban J connectivity index is 1.73. The van der Waals surface area contributed by atoms with Gasteiger partial charge in [0.05, 0.1) is 12.2 Å². The van der Waals surface area contributed by atoms with Crippen molar-refractivity contribution in [1.29, 1.82) is 0 Å². The van der Waals surface area contributed by atoms with Crippen LogP contribution in [0.25, 0.3) is 0 Å². The SMILES string of the molecule is Cc1ccc(OC(F)F)c(NC(=S)Nc2cc(C)n(Cc3c(Cl)cccc3Cl)n2)c1. The molecule has 5 nitrogen and oxygen atoms in total. The van der Waals surface area contributed by atoms with E-state index in [-0.39, 0.29) is 10.9 Å². The molecule has 0 unspecified atom stereocenters. The third-order valence-electron chi connectivity index (χ3n) is 4.19. The molecule has 0 aliphatic heterocycles. The van der Waals surface area contributed by atoms with Gasteiger partial charge in [-0.3, -0.25) is 4.68 Å². The molecule has 0 atom stereocenters. The Morgan fingerprint density at radius 2 is 1.83 bits per heavy atom. The highest BCUT2D eigenvalue weighted by atomic mass is 35.5. The predicted octanol–water partition coefficient (Wildman–Crippen LogP) is 6.27. The lowest BCUT2D eigenvalue weighted by atomic mass is 10.2. The summed E-state index contributed by atoms with van der Waals surface area (Å²) in [6.07, 6.45) is 0. The van der Waals surface area contributed by atoms with Gasteiger partial charge in [-0.05, 0) is 55.9 Å². The molecular formula is C20H18Cl2F2N4OS. The van der Waals surface area contributed by atoms with Crippen molar-refractivity contribution in [2.24, 2.45) is 0 Å². The lowest BCUT2D eigenvalue weighted by Crippen LogP contribution is -2.20. The molecule has 0 spiro atoms. The lowest BCUT2D eigenvalue weighted by Gasteiger charge is -2.14. The van der Waals surface area contributed by atoms with Crippen LogP contribution in [0.4, 0.5) is 20.3 Å². The minimum atomic E-state index is -2.94. The molecule has 2 aromatic carbocycles. The van der Waals surface area contributed by atoms with Crippen LogP contribution in [0.3, 0.4) is 0 Å². The van der Waals surface area contributed by atoms with Gasteiger partial charge in [0.1, 0.15) is 5.75 Å². The average molecular weight is 471 g/mol. The third-order valence-corrected chi connectivity index (χ3v) is 5.10. The quantitative estimate of drug-likeness (QED) is 0.416. The van der Waals surface area contributed by atoms with E-state index in [0.29, 0.717) is 28.1 Å². The number of hydrogen-bond acceptors (Lipinski definition) is 3. The summed E-state index contributed by atoms with van der Waals surface area (Å²) in [5, 5.41) is 11.6. The van der Waals surface area contributed by atoms with Gasteiger partial charge in [0.25, 0.3) is 0 Å². The van der Waals surface area contributed by atoms with Gasteiger partial charge in [-0.15, -0.1) is 0 Å². The van der Waals surface area contributed by atoms with Gasteiger partial charge in [0.2, 0.25) is 0 Å². The van der Waals surface area contributed by atoms with Crippen molar-refractivity contribution in [1.82, 2.24) is 9.78 Å². The number of rotatable bonds is 6. The highest BCUT2D eigenvalue weighted by molar-refractivity contribution is 7.80. The van der Waals surface area contributed by atoms with Crippen LogP contribution < -0.4 is 15.4 Å². The van der Waals surface area contributed by atoms with E-state index in [2.05, 4.69) is 20.5 Å². The van der Waals surface area contributed by atoms with Crippen LogP contribution in [0.2, 0.25) is 10.0 Å². The van der Waals surface area contributed by atoms with Crippen molar-refractivity contribution in [3.63, 3.8) is 0 Å². The average Bonchev–Trinajstić information content (AvgIpc) is 2.99. The highest BCUT2D eigenvalue weighted by Crippen LogP contribution is 2.28. The van der Waals surface area contributed by atoms with Crippen LogP contribution >= 0.6 is 35.4 Å². The van der Waals surface area contributed by atoms with Crippen LogP contribution in [0.1, 0.15) is 16.8 Å². The number of thiocarbonyl (C=S) groups is 1. The Hall–Kier alpha value is -2.42. The van der Waals surface area contributed by atoms with Gasteiger partial charge in [-0.2, -0.15) is 13.9 Å². The van der Waals surface area contributed by atoms with E-state index in [1.165, 1.54) is 6.07 Å². The number of nitrogens with one attached hydrogen (secondary N) is 2. The van der Waals surface area contributed by atoms with Gasteiger partial charge in [-0.25, -0.2) is 0 Å². The van der Waals surface area contributed by atoms with Gasteiger partial charge < -0.3 is 15.4 Å². The predicted molar refractivity (Wildman–Crippen MR) is 120 cm³/mol. The normalized spacial score (nSPS) is 10.9. The molecule has 0 saturated carbocycles. The Kier molecular flexibility index (Phi) is 7.12. The van der Waals surface area contributed by atoms with Gasteiger partial charge in [0.15, 0.2) is 10.9 Å². The molecule has 158 valence electrons. The van der Waals surface area contributed by atoms with Crippen LogP contribution in [0, 0.1) is 13.8 Å². The fourth-order valence-corrected chi connectivity index (χ4v) is 3.51. The van der Waals surface area contributed by atoms with E-state index in [1.807, 2.05) is 13.8 Å². The van der Waals surface area contributed by atoms with Crippen molar-refractivity contribution in [3.8, 4) is 5.75 Å². The molecule has 10 heteroatoms. The van der Waals surface area contributed by atoms with E-state index in [9.17, 15) is 8.78 Å². The summed E-state index contributed by atoms with van der Waals surface area (Å²) in [6, 6.07) is 11.9. The number of nitrogens with zero attached hydrogens (tertiary/aromatic N) is 2. The summed E-state index contributed by atoms with van der Waals surface area (Å²) in [5.74, 6) is 0.479. The zero-order valence-corrected chi connectivity index (χ0v) is 18.4. The number of aryl methyl sites for hydroxylation is 2. The molecule has 1 aromatic heterocycles. The number of ether oxygens (including phenoxy) is 1. The fraction of sp³-hybridized carbons (Fsp3) is 0.200. The summed E-state index contributed by atoms with van der Waals surface area (Å²) in [5.41, 5.74) is 2.80. The number of anilines is 2. The van der Waals surface area contributed by atoms with Gasteiger partial charge >= 0.3 is 6.61 Å². The highest BCUT2D eigenvalue weighted by Gasteiger charge is 2.13. The summed E-state index contributed by atoms with van der Waals surface area (Å²) < 4.78 is 31.5. The van der Waals surface area contributed by atoms with Crippen LogP contribution in [0.5, 0.6) is 5.75 Å². The molecule has 0 aliphatic carbocycles. The topological polar surface area (TPSA) is 51.1 Å². The minimum absolute atomic E-state index is 0.00480. The largest absolute Gasteiger partial charge is 0.433 e. The van der Waals surface area contributed by atoms with Crippen molar-refractivity contribution in [2.45, 2.75) is 27.0 Å². The van der Waals surface area contributed by atoms with E-state index < -0.39 is 6.61 Å². The molecule has 30 heavy (non-hydrogen) atoms. The Labute approximate surface area is 187 Å². The summed E-state index contributed by atoms with van der Waals surface area (Å²) in [7, 11) is 0. The van der Waals surface area contributed by atoms with E-state index >= 15 is 0 Å². The number of aromatic nitrogens is 2. The first-order valence-electron chi connectivity index (χ1n) is 8.83. The van der Waals surface area contributed by atoms with Crippen LogP contribution in [-0.4, -0.2) is 21.5 Å². The molecular weight excluding hydrogens is 453 g/mol. The number of hydrogen-bond donors (Lipinski definition) is 2. The molecule has 1 heterocycles. The Morgan fingerprint density at radius 3 is 2.50 bits per heavy atom. The van der Waals surface area contributed by atoms with Crippen molar-refractivity contribution < 1.29 is 13.5 Å². The molecule has 0 fully saturated rings. The van der Waals surface area contributed by atoms with Gasteiger partial charge in [0, 0.05) is 27.4 Å². The van der Waals surface area contributed by atoms with E-state index in [1.54, 1.807) is 41.1 Å². The maximum absolute atomic E-state index is 12.6. The Bertz CT molecular complexity index is 1050. The van der Waals surface area contributed by atoms with Crippen LogP contribution in [-0.2, 0) is 6.54 Å². The molecule has 0 saturated heterocycles. The zero-order valence-electron chi connectivity index (χ0n) is 16.0. The third kappa shape index (κ3) is 5.59. The maximum Gasteiger partial charge on any atom is 0.387 e. The molecule has 2 N–H and O–H groups in total. The molecule has 0 aliphatic rings. The van der Waals surface area contributed by atoms with Gasteiger partial charge in [-0.1, -0.05) is 35.3 Å². The monoisotopic (exact) mass is 470 g/mol. The van der Waals surface area contributed by atoms with Crippen molar-refractivity contribution in [2.75, 3.05) is 10.6 Å². The second-order valence-corrected chi connectivity index (χ2v) is 7.71. The van der Waals surface area contributed by atoms with E-state index in [0.717, 1.165) is 16.8 Å². The summed E-state index contributed by atoms with van der Waals surface area (Å²) in [4.78, 5) is 0. The van der Waals surface area contributed by atoms with Crippen LogP contribution in [0.15, 0.2) is 42.5 Å². The molecule has 3 rings (SSSR count). The summed E-state index contributed by atoms with van der Waals surface area (Å²) >= 11 is 17.8. The molecule has 0 amide bonds. The number of alkyl halides is 2. The molecule has 0 bridgehead atoms. The smallest absolute Gasteiger partial charge is 0.387 e. The maximum atomic E-state index is 12.6. The fourth-order valence-electron chi connectivity index (χ4n) is 2.77. The number of benzene rings is 2. The lowest BCUT2D eigenvalue weighted by molar-refractivity contribution is -0.0493. The standard InChI is InChI=1S/C20H18Cl2F2N4OS/c1-11-6-7-17(29-19(23)24)16(8-11)25-20(30)26-18-9-12(2)28(27-18)10-13-14(21)4-3-5-15(13)22/h3-9,19H,10H2,1-2H3,(H2,25,26,27,30). The number of halogens is 4. The van der Waals surface area contributed by atoms with E-state index in [4.69, 9.17) is 35.4 Å².